The van der Waals surface area contributed by atoms with Crippen molar-refractivity contribution in [3.63, 3.8) is 0 Å². The average molecular weight is 337 g/mol. The van der Waals surface area contributed by atoms with E-state index in [1.54, 1.807) is 12.1 Å². The minimum absolute atomic E-state index is 0.0964. The lowest BCUT2D eigenvalue weighted by molar-refractivity contribution is -0.116. The highest BCUT2D eigenvalue weighted by molar-refractivity contribution is 6.21. The van der Waals surface area contributed by atoms with Crippen molar-refractivity contribution < 1.29 is 14.4 Å². The molecule has 0 bridgehead atoms. The SMILES string of the molecule is Cc1cccc(C(C)C)c1NC(=O)CN1C(=O)c2cccnc2C1=O. The van der Waals surface area contributed by atoms with Crippen LogP contribution < -0.4 is 5.32 Å². The van der Waals surface area contributed by atoms with Gasteiger partial charge in [-0.1, -0.05) is 32.0 Å². The van der Waals surface area contributed by atoms with Crippen LogP contribution in [0, 0.1) is 6.92 Å². The van der Waals surface area contributed by atoms with Gasteiger partial charge in [-0.15, -0.1) is 0 Å². The highest BCUT2D eigenvalue weighted by Crippen LogP contribution is 2.27. The molecule has 3 rings (SSSR count). The fraction of sp³-hybridized carbons (Fsp3) is 0.263. The van der Waals surface area contributed by atoms with E-state index in [1.165, 1.54) is 6.20 Å². The second kappa shape index (κ2) is 6.47. The van der Waals surface area contributed by atoms with Gasteiger partial charge in [-0.3, -0.25) is 24.3 Å². The smallest absolute Gasteiger partial charge is 0.280 e. The molecule has 6 nitrogen and oxygen atoms in total. The lowest BCUT2D eigenvalue weighted by Crippen LogP contribution is -2.37. The zero-order valence-electron chi connectivity index (χ0n) is 14.4. The van der Waals surface area contributed by atoms with Crippen molar-refractivity contribution >= 4 is 23.4 Å². The molecule has 25 heavy (non-hydrogen) atoms. The molecule has 1 N–H and O–H groups in total. The van der Waals surface area contributed by atoms with Gasteiger partial charge >= 0.3 is 0 Å². The van der Waals surface area contributed by atoms with Gasteiger partial charge < -0.3 is 5.32 Å². The Labute approximate surface area is 145 Å². The van der Waals surface area contributed by atoms with Gasteiger partial charge in [-0.2, -0.15) is 0 Å². The number of carbonyl (C=O) groups is 3. The lowest BCUT2D eigenvalue weighted by Gasteiger charge is -2.18. The van der Waals surface area contributed by atoms with E-state index in [-0.39, 0.29) is 23.7 Å². The van der Waals surface area contributed by atoms with Crippen LogP contribution in [0.4, 0.5) is 5.69 Å². The first-order valence-corrected chi connectivity index (χ1v) is 8.10. The summed E-state index contributed by atoms with van der Waals surface area (Å²) in [5.74, 6) is -1.20. The highest BCUT2D eigenvalue weighted by atomic mass is 16.2. The molecule has 3 amide bonds. The number of nitrogens with zero attached hydrogens (tertiary/aromatic N) is 2. The third kappa shape index (κ3) is 3.03. The zero-order chi connectivity index (χ0) is 18.1. The average Bonchev–Trinajstić information content (AvgIpc) is 2.82. The third-order valence-corrected chi connectivity index (χ3v) is 4.22. The molecule has 0 saturated carbocycles. The Morgan fingerprint density at radius 1 is 1.16 bits per heavy atom. The van der Waals surface area contributed by atoms with Gasteiger partial charge in [-0.05, 0) is 36.1 Å². The number of carbonyl (C=O) groups excluding carboxylic acids is 3. The molecular formula is C19H19N3O3. The predicted octanol–water partition coefficient (Wildman–Crippen LogP) is 2.75. The van der Waals surface area contributed by atoms with E-state index in [0.717, 1.165) is 21.7 Å². The molecule has 2 aromatic rings. The Balaban J connectivity index is 1.79. The van der Waals surface area contributed by atoms with Crippen LogP contribution in [0.15, 0.2) is 36.5 Å². The molecule has 1 aliphatic heterocycles. The number of anilines is 1. The number of benzene rings is 1. The standard InChI is InChI=1S/C19H19N3O3/c1-11(2)13-7-4-6-12(3)16(13)21-15(23)10-22-18(24)14-8-5-9-20-17(14)19(22)25/h4-9,11H,10H2,1-3H3,(H,21,23). The molecule has 1 aliphatic rings. The molecule has 1 aromatic carbocycles. The second-order valence-electron chi connectivity index (χ2n) is 6.34. The molecule has 128 valence electrons. The second-order valence-corrected chi connectivity index (χ2v) is 6.34. The van der Waals surface area contributed by atoms with Gasteiger partial charge in [-0.25, -0.2) is 0 Å². The zero-order valence-corrected chi connectivity index (χ0v) is 14.4. The van der Waals surface area contributed by atoms with Gasteiger partial charge in [0.15, 0.2) is 0 Å². The summed E-state index contributed by atoms with van der Waals surface area (Å²) < 4.78 is 0. The van der Waals surface area contributed by atoms with Crippen molar-refractivity contribution in [2.24, 2.45) is 0 Å². The Kier molecular flexibility index (Phi) is 4.35. The number of imide groups is 1. The summed E-state index contributed by atoms with van der Waals surface area (Å²) in [4.78, 5) is 42.0. The van der Waals surface area contributed by atoms with Crippen molar-refractivity contribution in [2.75, 3.05) is 11.9 Å². The summed E-state index contributed by atoms with van der Waals surface area (Å²) in [6, 6.07) is 8.94. The summed E-state index contributed by atoms with van der Waals surface area (Å²) in [5, 5.41) is 2.85. The Morgan fingerprint density at radius 2 is 1.92 bits per heavy atom. The first-order valence-electron chi connectivity index (χ1n) is 8.10. The van der Waals surface area contributed by atoms with Crippen molar-refractivity contribution in [1.82, 2.24) is 9.88 Å². The summed E-state index contributed by atoms with van der Waals surface area (Å²) in [7, 11) is 0. The first kappa shape index (κ1) is 16.8. The monoisotopic (exact) mass is 337 g/mol. The van der Waals surface area contributed by atoms with E-state index in [2.05, 4.69) is 10.3 Å². The van der Waals surface area contributed by atoms with E-state index in [9.17, 15) is 14.4 Å². The van der Waals surface area contributed by atoms with Gasteiger partial charge in [0.25, 0.3) is 11.8 Å². The van der Waals surface area contributed by atoms with E-state index in [4.69, 9.17) is 0 Å². The van der Waals surface area contributed by atoms with Crippen molar-refractivity contribution in [3.8, 4) is 0 Å². The molecule has 0 aliphatic carbocycles. The van der Waals surface area contributed by atoms with Gasteiger partial charge in [0.05, 0.1) is 5.56 Å². The van der Waals surface area contributed by atoms with E-state index >= 15 is 0 Å². The van der Waals surface area contributed by atoms with Gasteiger partial charge in [0, 0.05) is 11.9 Å². The predicted molar refractivity (Wildman–Crippen MR) is 93.5 cm³/mol. The minimum atomic E-state index is -0.537. The van der Waals surface area contributed by atoms with Crippen LogP contribution in [0.5, 0.6) is 0 Å². The molecule has 0 atom stereocenters. The number of hydrogen-bond donors (Lipinski definition) is 1. The topological polar surface area (TPSA) is 79.4 Å². The maximum Gasteiger partial charge on any atom is 0.280 e. The highest BCUT2D eigenvalue weighted by Gasteiger charge is 2.37. The van der Waals surface area contributed by atoms with Crippen LogP contribution in [-0.4, -0.2) is 34.2 Å². The van der Waals surface area contributed by atoms with Gasteiger partial charge in [0.1, 0.15) is 12.2 Å². The van der Waals surface area contributed by atoms with Crippen molar-refractivity contribution in [3.05, 3.63) is 58.9 Å². The van der Waals surface area contributed by atoms with E-state index < -0.39 is 17.7 Å². The maximum atomic E-state index is 12.5. The molecule has 0 saturated heterocycles. The summed E-state index contributed by atoms with van der Waals surface area (Å²) in [6.45, 7) is 5.66. The number of hydrogen-bond acceptors (Lipinski definition) is 4. The molecule has 2 heterocycles. The maximum absolute atomic E-state index is 12.5. The molecule has 0 radical (unpaired) electrons. The molecule has 0 spiro atoms. The van der Waals surface area contributed by atoms with Crippen molar-refractivity contribution in [2.45, 2.75) is 26.7 Å². The number of aryl methyl sites for hydroxylation is 1. The first-order chi connectivity index (χ1) is 11.9. The van der Waals surface area contributed by atoms with Crippen LogP contribution in [0.1, 0.15) is 51.7 Å². The Morgan fingerprint density at radius 3 is 2.60 bits per heavy atom. The van der Waals surface area contributed by atoms with E-state index in [0.29, 0.717) is 0 Å². The normalized spacial score (nSPS) is 13.4. The van der Waals surface area contributed by atoms with Crippen LogP contribution in [0.25, 0.3) is 0 Å². The third-order valence-electron chi connectivity index (χ3n) is 4.22. The van der Waals surface area contributed by atoms with Crippen LogP contribution in [0.2, 0.25) is 0 Å². The van der Waals surface area contributed by atoms with E-state index in [1.807, 2.05) is 39.0 Å². The summed E-state index contributed by atoms with van der Waals surface area (Å²) in [6.07, 6.45) is 1.45. The molecule has 1 aromatic heterocycles. The van der Waals surface area contributed by atoms with Crippen LogP contribution in [-0.2, 0) is 4.79 Å². The quantitative estimate of drug-likeness (QED) is 0.870. The number of aromatic nitrogens is 1. The number of pyridine rings is 1. The minimum Gasteiger partial charge on any atom is -0.324 e. The number of amides is 3. The fourth-order valence-electron chi connectivity index (χ4n) is 2.92. The number of fused-ring (bicyclic) bond motifs is 1. The van der Waals surface area contributed by atoms with Gasteiger partial charge in [0.2, 0.25) is 5.91 Å². The lowest BCUT2D eigenvalue weighted by atomic mass is 9.98. The number of para-hydroxylation sites is 1. The largest absolute Gasteiger partial charge is 0.324 e. The van der Waals surface area contributed by atoms with Crippen LogP contribution >= 0.6 is 0 Å². The molecule has 6 heteroatoms. The Bertz CT molecular complexity index is 839. The number of nitrogens with one attached hydrogen (secondary N) is 1. The summed E-state index contributed by atoms with van der Waals surface area (Å²) >= 11 is 0. The Hall–Kier alpha value is -3.02. The molecule has 0 unspecified atom stereocenters. The molecular weight excluding hydrogens is 318 g/mol. The fourth-order valence-corrected chi connectivity index (χ4v) is 2.92. The van der Waals surface area contributed by atoms with Crippen LogP contribution in [0.3, 0.4) is 0 Å². The summed E-state index contributed by atoms with van der Waals surface area (Å²) in [5.41, 5.74) is 3.01. The molecule has 0 fully saturated rings. The number of rotatable bonds is 4. The van der Waals surface area contributed by atoms with Crippen molar-refractivity contribution in [1.29, 1.82) is 0 Å².